The molecule has 2 aromatic heterocycles. The monoisotopic (exact) mass is 384 g/mol. The first-order valence-corrected chi connectivity index (χ1v) is 10.4. The van der Waals surface area contributed by atoms with Crippen LogP contribution in [0.5, 0.6) is 5.75 Å². The Hall–Kier alpha value is -1.99. The topological polar surface area (TPSA) is 54.4 Å². The molecular weight excluding hydrogens is 358 g/mol. The van der Waals surface area contributed by atoms with Crippen molar-refractivity contribution in [2.45, 2.75) is 6.92 Å². The predicted molar refractivity (Wildman–Crippen MR) is 113 cm³/mol. The molecular formula is C21H26N3O2S+. The Labute approximate surface area is 163 Å². The summed E-state index contributed by atoms with van der Waals surface area (Å²) in [5.74, 6) is 1.98. The SMILES string of the molecule is CC[N+]1(c2nc(-c3ccc(OCCO)cc3)cc3ccsc23)CCNCC1. The van der Waals surface area contributed by atoms with Crippen LogP contribution in [0.3, 0.4) is 0 Å². The fraction of sp³-hybridized carbons (Fsp3) is 0.381. The number of aliphatic hydroxyl groups excluding tert-OH is 1. The van der Waals surface area contributed by atoms with Crippen LogP contribution >= 0.6 is 11.3 Å². The number of fused-ring (bicyclic) bond motifs is 1. The van der Waals surface area contributed by atoms with Gasteiger partial charge in [-0.2, -0.15) is 4.98 Å². The minimum Gasteiger partial charge on any atom is -0.491 e. The number of likely N-dealkylation sites (N-methyl/N-ethyl adjacent to an activating group) is 1. The van der Waals surface area contributed by atoms with Gasteiger partial charge in [0, 0.05) is 24.0 Å². The summed E-state index contributed by atoms with van der Waals surface area (Å²) in [6.07, 6.45) is 0. The van der Waals surface area contributed by atoms with Crippen LogP contribution in [-0.2, 0) is 0 Å². The molecule has 1 aliphatic heterocycles. The Kier molecular flexibility index (Phi) is 5.41. The van der Waals surface area contributed by atoms with E-state index in [0.717, 1.165) is 54.2 Å². The number of aromatic nitrogens is 1. The van der Waals surface area contributed by atoms with Crippen molar-refractivity contribution >= 4 is 27.2 Å². The van der Waals surface area contributed by atoms with Crippen LogP contribution in [0.2, 0.25) is 0 Å². The molecule has 0 unspecified atom stereocenters. The van der Waals surface area contributed by atoms with E-state index >= 15 is 0 Å². The van der Waals surface area contributed by atoms with Gasteiger partial charge in [-0.25, -0.2) is 0 Å². The first-order chi connectivity index (χ1) is 13.3. The van der Waals surface area contributed by atoms with E-state index in [0.29, 0.717) is 6.61 Å². The van der Waals surface area contributed by atoms with Crippen molar-refractivity contribution in [2.75, 3.05) is 45.9 Å². The van der Waals surface area contributed by atoms with E-state index in [1.165, 1.54) is 15.9 Å². The first kappa shape index (κ1) is 18.4. The zero-order valence-corrected chi connectivity index (χ0v) is 16.5. The minimum absolute atomic E-state index is 0.0212. The van der Waals surface area contributed by atoms with Crippen molar-refractivity contribution in [1.82, 2.24) is 14.8 Å². The average Bonchev–Trinajstić information content (AvgIpc) is 3.21. The summed E-state index contributed by atoms with van der Waals surface area (Å²) in [5.41, 5.74) is 2.10. The number of aliphatic hydroxyl groups is 1. The smallest absolute Gasteiger partial charge is 0.246 e. The summed E-state index contributed by atoms with van der Waals surface area (Å²) in [4.78, 5) is 5.18. The molecule has 5 nitrogen and oxygen atoms in total. The summed E-state index contributed by atoms with van der Waals surface area (Å²) in [6, 6.07) is 12.4. The molecule has 142 valence electrons. The minimum atomic E-state index is 0.0212. The second kappa shape index (κ2) is 7.94. The molecule has 4 rings (SSSR count). The lowest BCUT2D eigenvalue weighted by Crippen LogP contribution is -2.60. The highest BCUT2D eigenvalue weighted by atomic mass is 32.1. The Balaban J connectivity index is 1.76. The third-order valence-corrected chi connectivity index (χ3v) is 6.34. The van der Waals surface area contributed by atoms with Gasteiger partial charge in [-0.1, -0.05) is 0 Å². The van der Waals surface area contributed by atoms with Crippen LogP contribution in [-0.4, -0.2) is 56.0 Å². The quantitative estimate of drug-likeness (QED) is 0.641. The second-order valence-corrected chi connectivity index (χ2v) is 7.84. The number of quaternary nitrogens is 1. The summed E-state index contributed by atoms with van der Waals surface area (Å²) >= 11 is 1.79. The number of nitrogens with one attached hydrogen (secondary N) is 1. The normalized spacial score (nSPS) is 16.5. The zero-order valence-electron chi connectivity index (χ0n) is 15.6. The van der Waals surface area contributed by atoms with Gasteiger partial charge < -0.3 is 15.2 Å². The molecule has 2 N–H and O–H groups in total. The Morgan fingerprint density at radius 3 is 2.67 bits per heavy atom. The lowest BCUT2D eigenvalue weighted by Gasteiger charge is -2.39. The zero-order chi connectivity index (χ0) is 18.7. The van der Waals surface area contributed by atoms with Gasteiger partial charge >= 0.3 is 0 Å². The van der Waals surface area contributed by atoms with E-state index in [1.54, 1.807) is 11.3 Å². The van der Waals surface area contributed by atoms with Crippen molar-refractivity contribution in [2.24, 2.45) is 0 Å². The van der Waals surface area contributed by atoms with E-state index in [4.69, 9.17) is 14.8 Å². The van der Waals surface area contributed by atoms with E-state index < -0.39 is 0 Å². The molecule has 6 heteroatoms. The molecule has 1 saturated heterocycles. The maximum Gasteiger partial charge on any atom is 0.246 e. The standard InChI is InChI=1S/C21H26N3O2S/c1-2-24(10-8-22-9-11-24)21-20-17(7-14-27-20)15-19(23-21)16-3-5-18(6-4-16)26-13-12-25/h3-7,14-15,22,25H,2,8-13H2,1H3/q+1. The highest BCUT2D eigenvalue weighted by Gasteiger charge is 2.34. The summed E-state index contributed by atoms with van der Waals surface area (Å²) in [5, 5.41) is 15.8. The molecule has 0 saturated carbocycles. The maximum atomic E-state index is 8.90. The molecule has 3 heterocycles. The van der Waals surface area contributed by atoms with Crippen LogP contribution in [0.15, 0.2) is 41.8 Å². The van der Waals surface area contributed by atoms with Gasteiger partial charge in [-0.3, -0.25) is 4.48 Å². The molecule has 0 atom stereocenters. The van der Waals surface area contributed by atoms with Crippen LogP contribution in [0.25, 0.3) is 21.3 Å². The molecule has 1 fully saturated rings. The molecule has 3 aromatic rings. The Bertz CT molecular complexity index is 901. The number of benzene rings is 1. The lowest BCUT2D eigenvalue weighted by molar-refractivity contribution is 0.201. The second-order valence-electron chi connectivity index (χ2n) is 6.93. The van der Waals surface area contributed by atoms with E-state index in [1.807, 2.05) is 24.3 Å². The highest BCUT2D eigenvalue weighted by molar-refractivity contribution is 7.17. The predicted octanol–water partition coefficient (Wildman–Crippen LogP) is 3.26. The molecule has 0 amide bonds. The molecule has 0 aliphatic carbocycles. The van der Waals surface area contributed by atoms with Gasteiger partial charge in [0.05, 0.1) is 31.9 Å². The molecule has 1 aliphatic rings. The van der Waals surface area contributed by atoms with Crippen molar-refractivity contribution in [3.05, 3.63) is 41.8 Å². The van der Waals surface area contributed by atoms with E-state index in [2.05, 4.69) is 29.8 Å². The van der Waals surface area contributed by atoms with Gasteiger partial charge in [0.2, 0.25) is 5.82 Å². The Morgan fingerprint density at radius 1 is 1.19 bits per heavy atom. The first-order valence-electron chi connectivity index (χ1n) is 9.55. The van der Waals surface area contributed by atoms with Crippen molar-refractivity contribution < 1.29 is 9.84 Å². The Morgan fingerprint density at radius 2 is 1.96 bits per heavy atom. The highest BCUT2D eigenvalue weighted by Crippen LogP contribution is 2.37. The largest absolute Gasteiger partial charge is 0.491 e. The third-order valence-electron chi connectivity index (χ3n) is 5.42. The van der Waals surface area contributed by atoms with E-state index in [9.17, 15) is 0 Å². The number of hydrogen-bond acceptors (Lipinski definition) is 5. The van der Waals surface area contributed by atoms with Crippen LogP contribution in [0, 0.1) is 0 Å². The molecule has 1 aromatic carbocycles. The van der Waals surface area contributed by atoms with Crippen LogP contribution < -0.4 is 14.5 Å². The molecule has 0 bridgehead atoms. The fourth-order valence-electron chi connectivity index (χ4n) is 3.81. The number of ether oxygens (including phenoxy) is 1. The average molecular weight is 385 g/mol. The molecule has 27 heavy (non-hydrogen) atoms. The third kappa shape index (κ3) is 3.58. The number of rotatable bonds is 6. The van der Waals surface area contributed by atoms with E-state index in [-0.39, 0.29) is 6.61 Å². The lowest BCUT2D eigenvalue weighted by atomic mass is 10.1. The van der Waals surface area contributed by atoms with Gasteiger partial charge in [-0.15, -0.1) is 11.3 Å². The van der Waals surface area contributed by atoms with Crippen LogP contribution in [0.4, 0.5) is 5.82 Å². The number of nitrogens with zero attached hydrogens (tertiary/aromatic N) is 2. The van der Waals surface area contributed by atoms with Crippen molar-refractivity contribution in [3.63, 3.8) is 0 Å². The summed E-state index contributed by atoms with van der Waals surface area (Å²) < 4.78 is 7.73. The van der Waals surface area contributed by atoms with Gasteiger partial charge in [0.15, 0.2) is 0 Å². The number of hydrogen-bond donors (Lipinski definition) is 2. The van der Waals surface area contributed by atoms with Gasteiger partial charge in [-0.05, 0) is 48.7 Å². The van der Waals surface area contributed by atoms with Crippen molar-refractivity contribution in [1.29, 1.82) is 0 Å². The number of pyridine rings is 1. The molecule has 0 radical (unpaired) electrons. The van der Waals surface area contributed by atoms with Gasteiger partial charge in [0.1, 0.15) is 17.1 Å². The fourth-order valence-corrected chi connectivity index (χ4v) is 4.77. The van der Waals surface area contributed by atoms with Crippen molar-refractivity contribution in [3.8, 4) is 17.0 Å². The summed E-state index contributed by atoms with van der Waals surface area (Å²) in [7, 11) is 0. The summed E-state index contributed by atoms with van der Waals surface area (Å²) in [6.45, 7) is 7.88. The number of piperazine rings is 1. The molecule has 0 spiro atoms. The number of thiophene rings is 1. The van der Waals surface area contributed by atoms with Crippen LogP contribution in [0.1, 0.15) is 6.92 Å². The van der Waals surface area contributed by atoms with Gasteiger partial charge in [0.25, 0.3) is 0 Å². The maximum absolute atomic E-state index is 8.90.